The zero-order chi connectivity index (χ0) is 26.4. The van der Waals surface area contributed by atoms with E-state index < -0.39 is 11.1 Å². The topological polar surface area (TPSA) is 104 Å². The van der Waals surface area contributed by atoms with Crippen LogP contribution in [-0.2, 0) is 11.1 Å². The fourth-order valence-electron chi connectivity index (χ4n) is 4.52. The van der Waals surface area contributed by atoms with E-state index in [4.69, 9.17) is 24.9 Å². The fourth-order valence-corrected chi connectivity index (χ4v) is 4.52. The highest BCUT2D eigenvalue weighted by Gasteiger charge is 2.38. The monoisotopic (exact) mass is 502 g/mol. The first-order valence-electron chi connectivity index (χ1n) is 12.7. The van der Waals surface area contributed by atoms with E-state index in [1.54, 1.807) is 32.2 Å². The number of methoxy groups -OCH3 is 1. The van der Waals surface area contributed by atoms with Crippen LogP contribution in [0.15, 0.2) is 48.5 Å². The maximum Gasteiger partial charge on any atom is 0.163 e. The van der Waals surface area contributed by atoms with E-state index in [0.29, 0.717) is 40.8 Å². The van der Waals surface area contributed by atoms with Gasteiger partial charge in [0.2, 0.25) is 0 Å². The van der Waals surface area contributed by atoms with Crippen molar-refractivity contribution in [2.24, 2.45) is 5.73 Å². The van der Waals surface area contributed by atoms with Gasteiger partial charge in [0.25, 0.3) is 0 Å². The van der Waals surface area contributed by atoms with E-state index in [0.717, 1.165) is 29.5 Å². The van der Waals surface area contributed by atoms with Crippen LogP contribution in [0.4, 0.5) is 0 Å². The summed E-state index contributed by atoms with van der Waals surface area (Å²) >= 11 is 0. The third-order valence-corrected chi connectivity index (χ3v) is 7.12. The highest BCUT2D eigenvalue weighted by atomic mass is 16.5. The van der Waals surface area contributed by atoms with E-state index in [2.05, 4.69) is 0 Å². The Labute approximate surface area is 217 Å². The van der Waals surface area contributed by atoms with Gasteiger partial charge in [0.1, 0.15) is 17.9 Å². The molecule has 1 aromatic heterocycles. The smallest absolute Gasteiger partial charge is 0.163 e. The Balaban J connectivity index is 1.40. The van der Waals surface area contributed by atoms with Gasteiger partial charge in [-0.3, -0.25) is 4.79 Å². The second-order valence-corrected chi connectivity index (χ2v) is 10.7. The van der Waals surface area contributed by atoms with Gasteiger partial charge < -0.3 is 25.1 Å². The Bertz CT molecular complexity index is 1330. The molecule has 7 nitrogen and oxygen atoms in total. The van der Waals surface area contributed by atoms with Crippen molar-refractivity contribution in [1.29, 1.82) is 0 Å². The van der Waals surface area contributed by atoms with Crippen LogP contribution >= 0.6 is 0 Å². The summed E-state index contributed by atoms with van der Waals surface area (Å²) in [7, 11) is 1.56. The van der Waals surface area contributed by atoms with E-state index in [1.165, 1.54) is 0 Å². The number of nitrogens with zero attached hydrogens (tertiary/aromatic N) is 1. The lowest BCUT2D eigenvalue weighted by Crippen LogP contribution is -2.35. The predicted molar refractivity (Wildman–Crippen MR) is 141 cm³/mol. The second-order valence-electron chi connectivity index (χ2n) is 10.7. The van der Waals surface area contributed by atoms with Crippen molar-refractivity contribution in [3.8, 4) is 28.5 Å². The number of pyridine rings is 1. The lowest BCUT2D eigenvalue weighted by molar-refractivity contribution is 0.0396. The first-order valence-corrected chi connectivity index (χ1v) is 12.7. The van der Waals surface area contributed by atoms with E-state index in [9.17, 15) is 9.90 Å². The van der Waals surface area contributed by atoms with E-state index in [1.807, 2.05) is 44.2 Å². The third kappa shape index (κ3) is 5.20. The van der Waals surface area contributed by atoms with Crippen LogP contribution in [0.3, 0.4) is 0 Å². The average molecular weight is 503 g/mol. The van der Waals surface area contributed by atoms with E-state index >= 15 is 0 Å². The molecule has 2 heterocycles. The Morgan fingerprint density at radius 3 is 2.59 bits per heavy atom. The molecule has 0 amide bonds. The minimum Gasteiger partial charge on any atom is -0.493 e. The maximum absolute atomic E-state index is 13.1. The number of ketones is 1. The van der Waals surface area contributed by atoms with Gasteiger partial charge in [-0.25, -0.2) is 4.98 Å². The summed E-state index contributed by atoms with van der Waals surface area (Å²) in [5.41, 5.74) is 8.90. The molecule has 37 heavy (non-hydrogen) atoms. The molecule has 1 aliphatic heterocycles. The van der Waals surface area contributed by atoms with Crippen LogP contribution in [0.2, 0.25) is 0 Å². The molecule has 2 atom stereocenters. The molecule has 0 unspecified atom stereocenters. The molecular weight excluding hydrogens is 468 g/mol. The van der Waals surface area contributed by atoms with E-state index in [-0.39, 0.29) is 24.7 Å². The van der Waals surface area contributed by atoms with Crippen molar-refractivity contribution >= 4 is 5.78 Å². The van der Waals surface area contributed by atoms with Gasteiger partial charge >= 0.3 is 0 Å². The summed E-state index contributed by atoms with van der Waals surface area (Å²) < 4.78 is 17.3. The molecule has 0 bridgehead atoms. The van der Waals surface area contributed by atoms with Crippen LogP contribution in [0.5, 0.6) is 17.2 Å². The Kier molecular flexibility index (Phi) is 6.46. The number of ether oxygens (including phenoxy) is 3. The number of rotatable bonds is 9. The minimum atomic E-state index is -1.36. The number of Topliss-reactive ketones (excluding diaryl/α,β-unsaturated/α-hetero) is 1. The zero-order valence-electron chi connectivity index (χ0n) is 21.8. The predicted octanol–water partition coefficient (Wildman–Crippen LogP) is 5.04. The van der Waals surface area contributed by atoms with Crippen molar-refractivity contribution in [2.45, 2.75) is 63.7 Å². The number of hydrogen-bond acceptors (Lipinski definition) is 7. The zero-order valence-corrected chi connectivity index (χ0v) is 21.8. The molecule has 194 valence electrons. The fraction of sp³-hybridized carbons (Fsp3) is 0.400. The molecule has 3 N–H and O–H groups in total. The number of nitrogens with two attached hydrogens (primary N) is 1. The van der Waals surface area contributed by atoms with Gasteiger partial charge in [0.05, 0.1) is 24.4 Å². The molecule has 7 heteroatoms. The van der Waals surface area contributed by atoms with Crippen LogP contribution in [0.1, 0.15) is 66.7 Å². The minimum absolute atomic E-state index is 0.0940. The number of aromatic nitrogens is 1. The van der Waals surface area contributed by atoms with Gasteiger partial charge in [-0.2, -0.15) is 0 Å². The molecule has 5 rings (SSSR count). The number of carbonyl (C=O) groups is 1. The number of benzene rings is 2. The van der Waals surface area contributed by atoms with Gasteiger partial charge in [-0.1, -0.05) is 29.8 Å². The molecule has 2 aromatic carbocycles. The van der Waals surface area contributed by atoms with Crippen LogP contribution < -0.4 is 19.9 Å². The molecule has 3 aromatic rings. The van der Waals surface area contributed by atoms with Crippen LogP contribution in [-0.4, -0.2) is 35.7 Å². The Morgan fingerprint density at radius 2 is 1.92 bits per heavy atom. The number of aliphatic hydroxyl groups is 1. The van der Waals surface area contributed by atoms with Crippen molar-refractivity contribution in [1.82, 2.24) is 4.98 Å². The number of carbonyl (C=O) groups excluding carboxylic acids is 1. The normalized spacial score (nSPS) is 20.1. The standard InChI is InChI=1S/C30H34N2O5/c1-18-5-7-19(8-6-18)27-28-22(29(2,31)17-36-28)16-26(32-27)30(3,34)14-13-23(33)20-9-12-24(25(15-20)35-4)37-21-10-11-21/h5-9,12,15-16,21,34H,10-11,13-14,17,31H2,1-4H3/t29-,30+/m0/s1. The first-order chi connectivity index (χ1) is 17.6. The highest BCUT2D eigenvalue weighted by Crippen LogP contribution is 2.44. The molecule has 1 aliphatic carbocycles. The molecule has 0 radical (unpaired) electrons. The molecular formula is C30H34N2O5. The van der Waals surface area contributed by atoms with Gasteiger partial charge in [0, 0.05) is 23.1 Å². The summed E-state index contributed by atoms with van der Waals surface area (Å²) in [5, 5.41) is 11.5. The van der Waals surface area contributed by atoms with Crippen molar-refractivity contribution in [3.05, 3.63) is 70.9 Å². The van der Waals surface area contributed by atoms with Gasteiger partial charge in [0.15, 0.2) is 23.0 Å². The number of hydrogen-bond donors (Lipinski definition) is 2. The van der Waals surface area contributed by atoms with Crippen molar-refractivity contribution in [3.63, 3.8) is 0 Å². The summed E-state index contributed by atoms with van der Waals surface area (Å²) in [5.74, 6) is 1.73. The quantitative estimate of drug-likeness (QED) is 0.395. The summed E-state index contributed by atoms with van der Waals surface area (Å²) in [4.78, 5) is 17.9. The second kappa shape index (κ2) is 9.47. The largest absolute Gasteiger partial charge is 0.493 e. The molecule has 0 saturated heterocycles. The molecule has 1 fully saturated rings. The summed E-state index contributed by atoms with van der Waals surface area (Å²) in [6, 6.07) is 15.0. The maximum atomic E-state index is 13.1. The number of fused-ring (bicyclic) bond motifs is 1. The van der Waals surface area contributed by atoms with Crippen molar-refractivity contribution in [2.75, 3.05) is 13.7 Å². The molecule has 1 saturated carbocycles. The van der Waals surface area contributed by atoms with Gasteiger partial charge in [-0.15, -0.1) is 0 Å². The SMILES string of the molecule is COc1cc(C(=O)CC[C@@](C)(O)c2cc3c(c(-c4ccc(C)cc4)n2)OC[C@]3(C)N)ccc1OC1CC1. The highest BCUT2D eigenvalue weighted by molar-refractivity contribution is 5.96. The average Bonchev–Trinajstić information content (AvgIpc) is 3.64. The Hall–Kier alpha value is -3.42. The summed E-state index contributed by atoms with van der Waals surface area (Å²) in [6.07, 6.45) is 2.63. The lowest BCUT2D eigenvalue weighted by Gasteiger charge is -2.25. The number of aryl methyl sites for hydroxylation is 1. The molecule has 0 spiro atoms. The summed E-state index contributed by atoms with van der Waals surface area (Å²) in [6.45, 7) is 5.94. The van der Waals surface area contributed by atoms with Crippen molar-refractivity contribution < 1.29 is 24.1 Å². The molecule has 2 aliphatic rings. The first kappa shape index (κ1) is 25.2. The van der Waals surface area contributed by atoms with Gasteiger partial charge in [-0.05, 0) is 64.3 Å². The Morgan fingerprint density at radius 1 is 1.19 bits per heavy atom. The van der Waals surface area contributed by atoms with Crippen LogP contribution in [0, 0.1) is 6.92 Å². The lowest BCUT2D eigenvalue weighted by atomic mass is 9.88. The van der Waals surface area contributed by atoms with Crippen LogP contribution in [0.25, 0.3) is 11.3 Å². The third-order valence-electron chi connectivity index (χ3n) is 7.12.